The van der Waals surface area contributed by atoms with Gasteiger partial charge in [0.15, 0.2) is 6.61 Å². The average Bonchev–Trinajstić information content (AvgIpc) is 2.59. The van der Waals surface area contributed by atoms with Gasteiger partial charge in [0.1, 0.15) is 11.5 Å². The van der Waals surface area contributed by atoms with Crippen LogP contribution in [0.3, 0.4) is 0 Å². The molecule has 1 amide bonds. The molecule has 2 aromatic carbocycles. The van der Waals surface area contributed by atoms with Crippen LogP contribution < -0.4 is 14.8 Å². The number of amides is 1. The fourth-order valence-corrected chi connectivity index (χ4v) is 3.44. The van der Waals surface area contributed by atoms with E-state index in [1.165, 1.54) is 39.4 Å². The maximum Gasteiger partial charge on any atom is 0.262 e. The van der Waals surface area contributed by atoms with Gasteiger partial charge in [-0.1, -0.05) is 6.07 Å². The highest BCUT2D eigenvalue weighted by molar-refractivity contribution is 7.89. The minimum atomic E-state index is -3.63. The summed E-state index contributed by atoms with van der Waals surface area (Å²) in [6.45, 7) is 3.68. The van der Waals surface area contributed by atoms with Crippen molar-refractivity contribution in [3.05, 3.63) is 47.5 Å². The SMILES string of the molecule is COc1ccc(S(=O)(=O)N(C)C)cc1NC(=O)COc1cc(C)cc(C)c1. The second-order valence-corrected chi connectivity index (χ2v) is 8.46. The Bertz CT molecular complexity index is 919. The third-order valence-corrected chi connectivity index (χ3v) is 5.60. The molecule has 2 rings (SSSR count). The summed E-state index contributed by atoms with van der Waals surface area (Å²) in [5, 5.41) is 2.64. The molecule has 0 unspecified atom stereocenters. The fraction of sp³-hybridized carbons (Fsp3) is 0.316. The minimum Gasteiger partial charge on any atom is -0.495 e. The first kappa shape index (κ1) is 20.7. The van der Waals surface area contributed by atoms with Gasteiger partial charge in [-0.2, -0.15) is 0 Å². The van der Waals surface area contributed by atoms with E-state index in [9.17, 15) is 13.2 Å². The van der Waals surface area contributed by atoms with Crippen LogP contribution in [-0.4, -0.2) is 46.4 Å². The molecule has 1 N–H and O–H groups in total. The van der Waals surface area contributed by atoms with Gasteiger partial charge in [0, 0.05) is 14.1 Å². The predicted octanol–water partition coefficient (Wildman–Crippen LogP) is 2.58. The lowest BCUT2D eigenvalue weighted by Gasteiger charge is -2.15. The lowest BCUT2D eigenvalue weighted by atomic mass is 10.1. The molecule has 0 fully saturated rings. The zero-order valence-electron chi connectivity index (χ0n) is 16.1. The minimum absolute atomic E-state index is 0.0545. The molecule has 2 aromatic rings. The number of sulfonamides is 1. The fourth-order valence-electron chi connectivity index (χ4n) is 2.51. The van der Waals surface area contributed by atoms with Crippen molar-refractivity contribution in [2.24, 2.45) is 0 Å². The summed E-state index contributed by atoms with van der Waals surface area (Å²) in [5.41, 5.74) is 2.33. The van der Waals surface area contributed by atoms with Crippen LogP contribution in [-0.2, 0) is 14.8 Å². The summed E-state index contributed by atoms with van der Waals surface area (Å²) in [6, 6.07) is 9.97. The van der Waals surface area contributed by atoms with Crippen LogP contribution in [0.25, 0.3) is 0 Å². The first-order chi connectivity index (χ1) is 12.6. The standard InChI is InChI=1S/C19H24N2O5S/c1-13-8-14(2)10-15(9-13)26-12-19(22)20-17-11-16(6-7-18(17)25-5)27(23,24)21(3)4/h6-11H,12H2,1-5H3,(H,20,22). The van der Waals surface area contributed by atoms with Crippen molar-refractivity contribution in [2.45, 2.75) is 18.7 Å². The molecule has 0 saturated heterocycles. The number of hydrogen-bond donors (Lipinski definition) is 1. The van der Waals surface area contributed by atoms with Crippen molar-refractivity contribution in [2.75, 3.05) is 33.1 Å². The Morgan fingerprint density at radius 3 is 2.26 bits per heavy atom. The molecule has 0 heterocycles. The molecule has 146 valence electrons. The number of nitrogens with one attached hydrogen (secondary N) is 1. The zero-order valence-corrected chi connectivity index (χ0v) is 16.9. The first-order valence-corrected chi connectivity index (χ1v) is 9.69. The molecular formula is C19H24N2O5S. The Labute approximate surface area is 160 Å². The van der Waals surface area contributed by atoms with Crippen LogP contribution in [0.1, 0.15) is 11.1 Å². The van der Waals surface area contributed by atoms with E-state index in [-0.39, 0.29) is 17.2 Å². The molecule has 0 radical (unpaired) electrons. The van der Waals surface area contributed by atoms with Crippen LogP contribution in [0, 0.1) is 13.8 Å². The number of rotatable bonds is 7. The van der Waals surface area contributed by atoms with Crippen LogP contribution in [0.5, 0.6) is 11.5 Å². The van der Waals surface area contributed by atoms with Gasteiger partial charge in [0.05, 0.1) is 17.7 Å². The summed E-state index contributed by atoms with van der Waals surface area (Å²) in [4.78, 5) is 12.3. The van der Waals surface area contributed by atoms with Crippen molar-refractivity contribution >= 4 is 21.6 Å². The average molecular weight is 392 g/mol. The molecule has 27 heavy (non-hydrogen) atoms. The van der Waals surface area contributed by atoms with E-state index in [0.29, 0.717) is 11.5 Å². The molecule has 0 aromatic heterocycles. The van der Waals surface area contributed by atoms with E-state index >= 15 is 0 Å². The molecular weight excluding hydrogens is 368 g/mol. The van der Waals surface area contributed by atoms with E-state index in [1.807, 2.05) is 32.0 Å². The number of methoxy groups -OCH3 is 1. The summed E-state index contributed by atoms with van der Waals surface area (Å²) in [6.07, 6.45) is 0. The number of carbonyl (C=O) groups excluding carboxylic acids is 1. The number of carbonyl (C=O) groups is 1. The van der Waals surface area contributed by atoms with Crippen molar-refractivity contribution in [3.63, 3.8) is 0 Å². The largest absolute Gasteiger partial charge is 0.495 e. The summed E-state index contributed by atoms with van der Waals surface area (Å²) >= 11 is 0. The van der Waals surface area contributed by atoms with E-state index < -0.39 is 15.9 Å². The summed E-state index contributed by atoms with van der Waals surface area (Å²) in [5.74, 6) is 0.526. The first-order valence-electron chi connectivity index (χ1n) is 8.25. The zero-order chi connectivity index (χ0) is 20.2. The number of aryl methyl sites for hydroxylation is 2. The maximum atomic E-state index is 12.3. The van der Waals surface area contributed by atoms with Crippen LogP contribution in [0.4, 0.5) is 5.69 Å². The summed E-state index contributed by atoms with van der Waals surface area (Å²) in [7, 11) is 0.692. The number of benzene rings is 2. The van der Waals surface area contributed by atoms with Gasteiger partial charge in [-0.15, -0.1) is 0 Å². The molecule has 0 saturated carbocycles. The maximum absolute atomic E-state index is 12.3. The molecule has 0 spiro atoms. The molecule has 0 aliphatic heterocycles. The van der Waals surface area contributed by atoms with Gasteiger partial charge in [-0.3, -0.25) is 4.79 Å². The molecule has 0 aliphatic carbocycles. The lowest BCUT2D eigenvalue weighted by molar-refractivity contribution is -0.118. The Hall–Kier alpha value is -2.58. The Morgan fingerprint density at radius 1 is 1.07 bits per heavy atom. The van der Waals surface area contributed by atoms with Crippen molar-refractivity contribution in [1.82, 2.24) is 4.31 Å². The van der Waals surface area contributed by atoms with Crippen molar-refractivity contribution in [1.29, 1.82) is 0 Å². The van der Waals surface area contributed by atoms with Gasteiger partial charge in [0.25, 0.3) is 5.91 Å². The third-order valence-electron chi connectivity index (χ3n) is 3.79. The van der Waals surface area contributed by atoms with E-state index in [1.54, 1.807) is 0 Å². The highest BCUT2D eigenvalue weighted by Crippen LogP contribution is 2.28. The van der Waals surface area contributed by atoms with Crippen molar-refractivity contribution in [3.8, 4) is 11.5 Å². The van der Waals surface area contributed by atoms with Crippen LogP contribution >= 0.6 is 0 Å². The molecule has 8 heteroatoms. The number of anilines is 1. The van der Waals surface area contributed by atoms with Gasteiger partial charge in [0.2, 0.25) is 10.0 Å². The Balaban J connectivity index is 2.16. The molecule has 0 aliphatic rings. The molecule has 0 atom stereocenters. The van der Waals surface area contributed by atoms with Crippen LogP contribution in [0.15, 0.2) is 41.3 Å². The Morgan fingerprint density at radius 2 is 1.70 bits per heavy atom. The predicted molar refractivity (Wildman–Crippen MR) is 104 cm³/mol. The third kappa shape index (κ3) is 5.21. The highest BCUT2D eigenvalue weighted by Gasteiger charge is 2.20. The topological polar surface area (TPSA) is 84.9 Å². The Kier molecular flexibility index (Phi) is 6.45. The smallest absolute Gasteiger partial charge is 0.262 e. The van der Waals surface area contributed by atoms with Crippen molar-refractivity contribution < 1.29 is 22.7 Å². The second-order valence-electron chi connectivity index (χ2n) is 6.31. The number of nitrogens with zero attached hydrogens (tertiary/aromatic N) is 1. The van der Waals surface area contributed by atoms with Gasteiger partial charge < -0.3 is 14.8 Å². The number of ether oxygens (including phenoxy) is 2. The normalized spacial score (nSPS) is 11.3. The molecule has 0 bridgehead atoms. The van der Waals surface area contributed by atoms with Gasteiger partial charge in [-0.25, -0.2) is 12.7 Å². The highest BCUT2D eigenvalue weighted by atomic mass is 32.2. The second kappa shape index (κ2) is 8.41. The number of hydrogen-bond acceptors (Lipinski definition) is 5. The lowest BCUT2D eigenvalue weighted by Crippen LogP contribution is -2.23. The molecule has 7 nitrogen and oxygen atoms in total. The van der Waals surface area contributed by atoms with Gasteiger partial charge >= 0.3 is 0 Å². The van der Waals surface area contributed by atoms with Gasteiger partial charge in [-0.05, 0) is 55.3 Å². The summed E-state index contributed by atoms with van der Waals surface area (Å²) < 4.78 is 36.4. The van der Waals surface area contributed by atoms with Crippen LogP contribution in [0.2, 0.25) is 0 Å². The van der Waals surface area contributed by atoms with E-state index in [0.717, 1.165) is 15.4 Å². The van der Waals surface area contributed by atoms with E-state index in [2.05, 4.69) is 5.32 Å². The van der Waals surface area contributed by atoms with E-state index in [4.69, 9.17) is 9.47 Å². The monoisotopic (exact) mass is 392 g/mol. The quantitative estimate of drug-likeness (QED) is 0.783.